The lowest BCUT2D eigenvalue weighted by molar-refractivity contribution is -0.116. The summed E-state index contributed by atoms with van der Waals surface area (Å²) < 4.78 is 1.87. The van der Waals surface area contributed by atoms with Gasteiger partial charge in [-0.3, -0.25) is 19.6 Å². The summed E-state index contributed by atoms with van der Waals surface area (Å²) in [5.74, 6) is 0.401. The fourth-order valence-corrected chi connectivity index (χ4v) is 2.94. The minimum Gasteiger partial charge on any atom is -0.309 e. The van der Waals surface area contributed by atoms with Gasteiger partial charge in [0.05, 0.1) is 23.4 Å². The number of nitrogens with one attached hydrogen (secondary N) is 2. The van der Waals surface area contributed by atoms with Gasteiger partial charge in [0.2, 0.25) is 5.91 Å². The van der Waals surface area contributed by atoms with Crippen molar-refractivity contribution in [1.82, 2.24) is 25.0 Å². The van der Waals surface area contributed by atoms with Crippen LogP contribution in [0.1, 0.15) is 12.1 Å². The molecule has 0 bridgehead atoms. The number of amides is 1. The van der Waals surface area contributed by atoms with Crippen LogP contribution in [0.25, 0.3) is 22.2 Å². The average Bonchev–Trinajstić information content (AvgIpc) is 3.26. The SMILES string of the molecule is Cc1nn(CCC(=O)Nc2cc(-c3ccncc3)[nH]n2)c2ccccc12. The zero-order valence-electron chi connectivity index (χ0n) is 14.3. The molecule has 4 rings (SSSR count). The first-order chi connectivity index (χ1) is 12.7. The number of H-pyrrole nitrogens is 1. The van der Waals surface area contributed by atoms with Gasteiger partial charge in [-0.25, -0.2) is 0 Å². The Morgan fingerprint density at radius 2 is 2.00 bits per heavy atom. The van der Waals surface area contributed by atoms with Crippen molar-refractivity contribution in [3.05, 3.63) is 60.6 Å². The molecule has 0 aliphatic heterocycles. The van der Waals surface area contributed by atoms with Crippen LogP contribution in [0, 0.1) is 6.92 Å². The van der Waals surface area contributed by atoms with E-state index in [4.69, 9.17) is 0 Å². The van der Waals surface area contributed by atoms with Crippen molar-refractivity contribution < 1.29 is 4.79 Å². The standard InChI is InChI=1S/C19H18N6O/c1-13-15-4-2-3-5-17(15)25(24-13)11-8-19(26)21-18-12-16(22-23-18)14-6-9-20-10-7-14/h2-7,9-10,12H,8,11H2,1H3,(H2,21,22,23,26). The first-order valence-electron chi connectivity index (χ1n) is 8.38. The number of nitrogens with zero attached hydrogens (tertiary/aromatic N) is 4. The smallest absolute Gasteiger partial charge is 0.227 e. The fourth-order valence-electron chi connectivity index (χ4n) is 2.94. The van der Waals surface area contributed by atoms with Crippen LogP contribution in [0.15, 0.2) is 54.9 Å². The number of anilines is 1. The third kappa shape index (κ3) is 3.19. The Morgan fingerprint density at radius 3 is 2.85 bits per heavy atom. The summed E-state index contributed by atoms with van der Waals surface area (Å²) in [6.07, 6.45) is 3.75. The number of aromatic amines is 1. The fraction of sp³-hybridized carbons (Fsp3) is 0.158. The molecule has 0 unspecified atom stereocenters. The van der Waals surface area contributed by atoms with E-state index in [1.54, 1.807) is 18.5 Å². The molecule has 3 aromatic heterocycles. The highest BCUT2D eigenvalue weighted by Gasteiger charge is 2.10. The van der Waals surface area contributed by atoms with Gasteiger partial charge in [0.15, 0.2) is 5.82 Å². The quantitative estimate of drug-likeness (QED) is 0.581. The highest BCUT2D eigenvalue weighted by atomic mass is 16.1. The van der Waals surface area contributed by atoms with E-state index in [2.05, 4.69) is 25.6 Å². The summed E-state index contributed by atoms with van der Waals surface area (Å²) in [6.45, 7) is 2.49. The Kier molecular flexibility index (Phi) is 4.18. The summed E-state index contributed by atoms with van der Waals surface area (Å²) in [5.41, 5.74) is 3.80. The number of carbonyl (C=O) groups is 1. The summed E-state index contributed by atoms with van der Waals surface area (Å²) in [4.78, 5) is 16.2. The Morgan fingerprint density at radius 1 is 1.19 bits per heavy atom. The largest absolute Gasteiger partial charge is 0.309 e. The van der Waals surface area contributed by atoms with Crippen LogP contribution in [-0.2, 0) is 11.3 Å². The number of hydrogen-bond acceptors (Lipinski definition) is 4. The van der Waals surface area contributed by atoms with E-state index in [9.17, 15) is 4.79 Å². The molecule has 7 heteroatoms. The molecule has 0 saturated carbocycles. The Labute approximate surface area is 150 Å². The van der Waals surface area contributed by atoms with Crippen LogP contribution in [0.4, 0.5) is 5.82 Å². The maximum absolute atomic E-state index is 12.3. The van der Waals surface area contributed by atoms with E-state index in [-0.39, 0.29) is 5.91 Å². The molecule has 3 heterocycles. The molecule has 0 radical (unpaired) electrons. The number of benzene rings is 1. The maximum Gasteiger partial charge on any atom is 0.227 e. The molecular weight excluding hydrogens is 328 g/mol. The Bertz CT molecular complexity index is 1050. The van der Waals surface area contributed by atoms with Gasteiger partial charge in [0.1, 0.15) is 0 Å². The molecule has 0 fully saturated rings. The Hall–Kier alpha value is -3.48. The molecule has 4 aromatic rings. The highest BCUT2D eigenvalue weighted by molar-refractivity contribution is 5.90. The van der Waals surface area contributed by atoms with Crippen molar-refractivity contribution >= 4 is 22.6 Å². The van der Waals surface area contributed by atoms with Gasteiger partial charge in [-0.05, 0) is 25.1 Å². The lowest BCUT2D eigenvalue weighted by atomic mass is 10.2. The summed E-state index contributed by atoms with van der Waals surface area (Å²) >= 11 is 0. The number of aryl methyl sites for hydroxylation is 2. The van der Waals surface area contributed by atoms with Gasteiger partial charge in [0.25, 0.3) is 0 Å². The average molecular weight is 346 g/mol. The van der Waals surface area contributed by atoms with Crippen LogP contribution >= 0.6 is 0 Å². The number of hydrogen-bond donors (Lipinski definition) is 2. The molecule has 1 aromatic carbocycles. The third-order valence-corrected chi connectivity index (χ3v) is 4.23. The highest BCUT2D eigenvalue weighted by Crippen LogP contribution is 2.19. The number of fused-ring (bicyclic) bond motifs is 1. The monoisotopic (exact) mass is 346 g/mol. The van der Waals surface area contributed by atoms with Crippen molar-refractivity contribution in [2.24, 2.45) is 0 Å². The molecule has 7 nitrogen and oxygen atoms in total. The Balaban J connectivity index is 1.41. The van der Waals surface area contributed by atoms with Gasteiger partial charge in [0, 0.05) is 35.8 Å². The lowest BCUT2D eigenvalue weighted by Crippen LogP contribution is -2.15. The first-order valence-corrected chi connectivity index (χ1v) is 8.38. The lowest BCUT2D eigenvalue weighted by Gasteiger charge is -2.04. The number of pyridine rings is 1. The van der Waals surface area contributed by atoms with Crippen LogP contribution in [0.5, 0.6) is 0 Å². The third-order valence-electron chi connectivity index (χ3n) is 4.23. The summed E-state index contributed by atoms with van der Waals surface area (Å²) in [7, 11) is 0. The van der Waals surface area contributed by atoms with E-state index >= 15 is 0 Å². The molecule has 26 heavy (non-hydrogen) atoms. The second-order valence-electron chi connectivity index (χ2n) is 6.03. The molecule has 0 aliphatic carbocycles. The van der Waals surface area contributed by atoms with Crippen LogP contribution in [0.2, 0.25) is 0 Å². The van der Waals surface area contributed by atoms with Gasteiger partial charge in [-0.1, -0.05) is 18.2 Å². The van der Waals surface area contributed by atoms with Gasteiger partial charge < -0.3 is 5.32 Å². The molecule has 0 spiro atoms. The number of para-hydroxylation sites is 1. The van der Waals surface area contributed by atoms with E-state index < -0.39 is 0 Å². The summed E-state index contributed by atoms with van der Waals surface area (Å²) in [5, 5.41) is 15.5. The van der Waals surface area contributed by atoms with Crippen molar-refractivity contribution in [2.75, 3.05) is 5.32 Å². The second kappa shape index (κ2) is 6.79. The summed E-state index contributed by atoms with van der Waals surface area (Å²) in [6, 6.07) is 13.6. The molecule has 130 valence electrons. The van der Waals surface area contributed by atoms with Gasteiger partial charge >= 0.3 is 0 Å². The topological polar surface area (TPSA) is 88.5 Å². The molecule has 1 amide bonds. The zero-order valence-corrected chi connectivity index (χ0v) is 14.3. The van der Waals surface area contributed by atoms with E-state index in [1.807, 2.05) is 48.0 Å². The van der Waals surface area contributed by atoms with Crippen LogP contribution in [0.3, 0.4) is 0 Å². The first kappa shape index (κ1) is 16.0. The predicted molar refractivity (Wildman–Crippen MR) is 99.5 cm³/mol. The molecule has 2 N–H and O–H groups in total. The molecule has 0 aliphatic rings. The molecule has 0 atom stereocenters. The molecule has 0 saturated heterocycles. The number of aromatic nitrogens is 5. The van der Waals surface area contributed by atoms with Crippen molar-refractivity contribution in [3.63, 3.8) is 0 Å². The minimum absolute atomic E-state index is 0.102. The predicted octanol–water partition coefficient (Wildman–Crippen LogP) is 3.16. The second-order valence-corrected chi connectivity index (χ2v) is 6.03. The van der Waals surface area contributed by atoms with E-state index in [0.717, 1.165) is 27.9 Å². The normalized spacial score (nSPS) is 11.0. The number of carbonyl (C=O) groups excluding carboxylic acids is 1. The number of rotatable bonds is 5. The van der Waals surface area contributed by atoms with E-state index in [0.29, 0.717) is 18.8 Å². The van der Waals surface area contributed by atoms with Gasteiger partial charge in [-0.15, -0.1) is 0 Å². The van der Waals surface area contributed by atoms with E-state index in [1.165, 1.54) is 0 Å². The maximum atomic E-state index is 12.3. The van der Waals surface area contributed by atoms with Crippen LogP contribution in [-0.4, -0.2) is 30.9 Å². The van der Waals surface area contributed by atoms with Crippen molar-refractivity contribution in [3.8, 4) is 11.3 Å². The van der Waals surface area contributed by atoms with Crippen molar-refractivity contribution in [2.45, 2.75) is 19.9 Å². The van der Waals surface area contributed by atoms with Crippen molar-refractivity contribution in [1.29, 1.82) is 0 Å². The minimum atomic E-state index is -0.102. The van der Waals surface area contributed by atoms with Gasteiger partial charge in [-0.2, -0.15) is 10.2 Å². The van der Waals surface area contributed by atoms with Crippen LogP contribution < -0.4 is 5.32 Å². The molecular formula is C19H18N6O. The zero-order chi connectivity index (χ0) is 17.9.